The Bertz CT molecular complexity index is 548. The van der Waals surface area contributed by atoms with Gasteiger partial charge in [0.05, 0.1) is 0 Å². The van der Waals surface area contributed by atoms with Crippen molar-refractivity contribution < 1.29 is 18.7 Å². The Labute approximate surface area is 136 Å². The van der Waals surface area contributed by atoms with Crippen molar-refractivity contribution in [2.75, 3.05) is 13.2 Å². The van der Waals surface area contributed by atoms with Crippen molar-refractivity contribution in [3.05, 3.63) is 35.4 Å². The van der Waals surface area contributed by atoms with Crippen LogP contribution in [0.3, 0.4) is 0 Å². The van der Waals surface area contributed by atoms with Gasteiger partial charge in [0.15, 0.2) is 11.6 Å². The van der Waals surface area contributed by atoms with E-state index in [1.165, 1.54) is 6.07 Å². The van der Waals surface area contributed by atoms with Gasteiger partial charge in [-0.3, -0.25) is 4.79 Å². The van der Waals surface area contributed by atoms with Crippen molar-refractivity contribution in [2.24, 2.45) is 17.8 Å². The molecule has 0 spiro atoms. The van der Waals surface area contributed by atoms with Crippen LogP contribution in [0, 0.1) is 29.4 Å². The molecule has 0 saturated heterocycles. The first kappa shape index (κ1) is 17.9. The maximum Gasteiger partial charge on any atom is 0.223 e. The van der Waals surface area contributed by atoms with Crippen LogP contribution in [0.2, 0.25) is 0 Å². The van der Waals surface area contributed by atoms with Gasteiger partial charge in [-0.25, -0.2) is 8.78 Å². The largest absolute Gasteiger partial charge is 0.396 e. The van der Waals surface area contributed by atoms with E-state index in [4.69, 9.17) is 5.11 Å². The number of nitrogens with one attached hydrogen (secondary N) is 1. The fourth-order valence-corrected chi connectivity index (χ4v) is 3.16. The number of benzene rings is 1. The highest BCUT2D eigenvalue weighted by Crippen LogP contribution is 2.48. The molecule has 0 aliphatic heterocycles. The van der Waals surface area contributed by atoms with Crippen molar-refractivity contribution in [1.29, 1.82) is 0 Å². The number of carbonyl (C=O) groups is 1. The summed E-state index contributed by atoms with van der Waals surface area (Å²) in [5.74, 6) is -1.58. The molecule has 1 aliphatic rings. The third kappa shape index (κ3) is 4.74. The summed E-state index contributed by atoms with van der Waals surface area (Å²) in [4.78, 5) is 12.2. The van der Waals surface area contributed by atoms with Gasteiger partial charge in [-0.2, -0.15) is 0 Å². The Hall–Kier alpha value is -1.49. The predicted molar refractivity (Wildman–Crippen MR) is 84.9 cm³/mol. The summed E-state index contributed by atoms with van der Waals surface area (Å²) in [6.07, 6.45) is 2.15. The first-order chi connectivity index (χ1) is 10.9. The Balaban J connectivity index is 1.87. The summed E-state index contributed by atoms with van der Waals surface area (Å²) in [6, 6.07) is 4.10. The van der Waals surface area contributed by atoms with E-state index in [1.54, 1.807) is 6.07 Å². The summed E-state index contributed by atoms with van der Waals surface area (Å²) < 4.78 is 27.0. The molecule has 3 atom stereocenters. The molecule has 3 nitrogen and oxygen atoms in total. The summed E-state index contributed by atoms with van der Waals surface area (Å²) in [6.45, 7) is 4.84. The number of halogens is 2. The maximum atomic E-state index is 13.8. The lowest BCUT2D eigenvalue weighted by molar-refractivity contribution is -0.122. The second-order valence-electron chi connectivity index (χ2n) is 6.84. The van der Waals surface area contributed by atoms with E-state index in [2.05, 4.69) is 19.2 Å². The molecule has 2 rings (SSSR count). The summed E-state index contributed by atoms with van der Waals surface area (Å²) >= 11 is 0. The van der Waals surface area contributed by atoms with Gasteiger partial charge in [-0.15, -0.1) is 0 Å². The van der Waals surface area contributed by atoms with E-state index in [0.29, 0.717) is 30.9 Å². The van der Waals surface area contributed by atoms with Crippen LogP contribution in [-0.2, 0) is 4.79 Å². The molecule has 0 radical (unpaired) electrons. The molecule has 1 aliphatic carbocycles. The molecule has 0 heterocycles. The van der Waals surface area contributed by atoms with Gasteiger partial charge in [-0.05, 0) is 48.6 Å². The molecule has 1 aromatic carbocycles. The third-order valence-corrected chi connectivity index (χ3v) is 4.42. The van der Waals surface area contributed by atoms with Crippen molar-refractivity contribution in [1.82, 2.24) is 5.32 Å². The van der Waals surface area contributed by atoms with Crippen LogP contribution < -0.4 is 5.32 Å². The number of amides is 1. The van der Waals surface area contributed by atoms with Crippen LogP contribution in [0.4, 0.5) is 8.78 Å². The fraction of sp³-hybridized carbons (Fsp3) is 0.611. The number of hydrogen-bond donors (Lipinski definition) is 2. The second-order valence-corrected chi connectivity index (χ2v) is 6.84. The SMILES string of the molecule is CC(C)CC(CCO)CNC(=O)C1CC1c1cccc(F)c1F. The number of rotatable bonds is 8. The van der Waals surface area contributed by atoms with Crippen LogP contribution in [0.25, 0.3) is 0 Å². The van der Waals surface area contributed by atoms with Crippen LogP contribution in [-0.4, -0.2) is 24.2 Å². The molecule has 1 amide bonds. The molecule has 1 fully saturated rings. The zero-order chi connectivity index (χ0) is 17.0. The number of carbonyl (C=O) groups excluding carboxylic acids is 1. The second kappa shape index (κ2) is 7.86. The minimum Gasteiger partial charge on any atom is -0.396 e. The van der Waals surface area contributed by atoms with E-state index >= 15 is 0 Å². The highest BCUT2D eigenvalue weighted by molar-refractivity contribution is 5.82. The predicted octanol–water partition coefficient (Wildman–Crippen LogP) is 3.23. The van der Waals surface area contributed by atoms with Gasteiger partial charge in [-0.1, -0.05) is 26.0 Å². The van der Waals surface area contributed by atoms with Gasteiger partial charge in [0.25, 0.3) is 0 Å². The molecule has 1 saturated carbocycles. The van der Waals surface area contributed by atoms with Crippen molar-refractivity contribution in [3.8, 4) is 0 Å². The summed E-state index contributed by atoms with van der Waals surface area (Å²) in [7, 11) is 0. The summed E-state index contributed by atoms with van der Waals surface area (Å²) in [5.41, 5.74) is 0.291. The Kier molecular flexibility index (Phi) is 6.10. The molecule has 0 bridgehead atoms. The highest BCUT2D eigenvalue weighted by atomic mass is 19.2. The Morgan fingerprint density at radius 3 is 2.78 bits per heavy atom. The Morgan fingerprint density at radius 2 is 2.13 bits per heavy atom. The lowest BCUT2D eigenvalue weighted by Crippen LogP contribution is -2.31. The van der Waals surface area contributed by atoms with Crippen LogP contribution in [0.1, 0.15) is 44.6 Å². The van der Waals surface area contributed by atoms with Crippen molar-refractivity contribution >= 4 is 5.91 Å². The molecule has 5 heteroatoms. The average Bonchev–Trinajstić information content (AvgIpc) is 3.27. The number of aliphatic hydroxyl groups excluding tert-OH is 1. The van der Waals surface area contributed by atoms with E-state index < -0.39 is 11.6 Å². The summed E-state index contributed by atoms with van der Waals surface area (Å²) in [5, 5.41) is 12.0. The molecular weight excluding hydrogens is 300 g/mol. The highest BCUT2D eigenvalue weighted by Gasteiger charge is 2.45. The standard InChI is InChI=1S/C18H25F2NO2/c1-11(2)8-12(6-7-22)10-21-18(23)15-9-14(15)13-4-3-5-16(19)17(13)20/h3-5,11-12,14-15,22H,6-10H2,1-2H3,(H,21,23). The van der Waals surface area contributed by atoms with Gasteiger partial charge < -0.3 is 10.4 Å². The third-order valence-electron chi connectivity index (χ3n) is 4.42. The molecule has 3 unspecified atom stereocenters. The number of hydrogen-bond acceptors (Lipinski definition) is 2. The van der Waals surface area contributed by atoms with Crippen molar-refractivity contribution in [3.63, 3.8) is 0 Å². The van der Waals surface area contributed by atoms with Crippen molar-refractivity contribution in [2.45, 2.75) is 39.0 Å². The van der Waals surface area contributed by atoms with Gasteiger partial charge in [0, 0.05) is 19.1 Å². The molecule has 128 valence electrons. The van der Waals surface area contributed by atoms with E-state index in [0.717, 1.165) is 12.5 Å². The van der Waals surface area contributed by atoms with Gasteiger partial charge in [0.1, 0.15) is 0 Å². The fourth-order valence-electron chi connectivity index (χ4n) is 3.16. The lowest BCUT2D eigenvalue weighted by atomic mass is 9.94. The first-order valence-electron chi connectivity index (χ1n) is 8.26. The molecule has 2 N–H and O–H groups in total. The van der Waals surface area contributed by atoms with Gasteiger partial charge >= 0.3 is 0 Å². The van der Waals surface area contributed by atoms with E-state index in [9.17, 15) is 13.6 Å². The molecule has 23 heavy (non-hydrogen) atoms. The van der Waals surface area contributed by atoms with E-state index in [1.807, 2.05) is 0 Å². The Morgan fingerprint density at radius 1 is 1.39 bits per heavy atom. The maximum absolute atomic E-state index is 13.8. The monoisotopic (exact) mass is 325 g/mol. The zero-order valence-electron chi connectivity index (χ0n) is 13.7. The normalized spacial score (nSPS) is 21.3. The van der Waals surface area contributed by atoms with Crippen LogP contribution >= 0.6 is 0 Å². The number of aliphatic hydroxyl groups is 1. The zero-order valence-corrected chi connectivity index (χ0v) is 13.7. The van der Waals surface area contributed by atoms with Crippen LogP contribution in [0.5, 0.6) is 0 Å². The quantitative estimate of drug-likeness (QED) is 0.771. The van der Waals surface area contributed by atoms with Gasteiger partial charge in [0.2, 0.25) is 5.91 Å². The lowest BCUT2D eigenvalue weighted by Gasteiger charge is -2.18. The molecule has 0 aromatic heterocycles. The van der Waals surface area contributed by atoms with Crippen LogP contribution in [0.15, 0.2) is 18.2 Å². The first-order valence-corrected chi connectivity index (χ1v) is 8.26. The average molecular weight is 325 g/mol. The van der Waals surface area contributed by atoms with E-state index in [-0.39, 0.29) is 30.3 Å². The smallest absolute Gasteiger partial charge is 0.223 e. The minimum absolute atomic E-state index is 0.105. The minimum atomic E-state index is -0.867. The topological polar surface area (TPSA) is 49.3 Å². The molecule has 1 aromatic rings. The molecular formula is C18H25F2NO2.